The first-order valence-electron chi connectivity index (χ1n) is 16.8. The van der Waals surface area contributed by atoms with Crippen molar-refractivity contribution in [3.8, 4) is 0 Å². The van der Waals surface area contributed by atoms with Gasteiger partial charge in [0.25, 0.3) is 0 Å². The zero-order valence-corrected chi connectivity index (χ0v) is 28.2. The summed E-state index contributed by atoms with van der Waals surface area (Å²) in [6, 6.07) is 11.4. The van der Waals surface area contributed by atoms with Crippen LogP contribution in [0, 0.1) is 5.92 Å². The fourth-order valence-electron chi connectivity index (χ4n) is 6.06. The summed E-state index contributed by atoms with van der Waals surface area (Å²) < 4.78 is 15.5. The number of aromatic nitrogens is 1. The number of likely N-dealkylation sites (tertiary alicyclic amines) is 1. The number of amides is 4. The molecule has 0 spiro atoms. The van der Waals surface area contributed by atoms with Gasteiger partial charge in [0.2, 0.25) is 17.7 Å². The lowest BCUT2D eigenvalue weighted by molar-refractivity contribution is -0.152. The topological polar surface area (TPSA) is 156 Å². The van der Waals surface area contributed by atoms with E-state index in [4.69, 9.17) is 14.2 Å². The third-order valence-electron chi connectivity index (χ3n) is 8.61. The minimum atomic E-state index is -1.26. The number of hydrogen-bond donors (Lipinski definition) is 0. The zero-order chi connectivity index (χ0) is 35.2. The molecule has 0 N–H and O–H groups in total. The Labute approximate surface area is 286 Å². The molecule has 4 amide bonds. The van der Waals surface area contributed by atoms with Crippen molar-refractivity contribution in [2.45, 2.75) is 58.6 Å². The minimum Gasteiger partial charge on any atom is -0.466 e. The monoisotopic (exact) mass is 679 g/mol. The highest BCUT2D eigenvalue weighted by atomic mass is 16.6. The average Bonchev–Trinajstić information content (AvgIpc) is 3.11. The van der Waals surface area contributed by atoms with Crippen molar-refractivity contribution in [3.63, 3.8) is 0 Å². The van der Waals surface area contributed by atoms with Gasteiger partial charge in [-0.05, 0) is 56.7 Å². The SMILES string of the molecule is CCOC(=O)CC(=O)N1CCC(C[C@@H](C(=O)N2CCN(c3ccncc3)CC2)N(C(=O)CC(=O)OCC)C(=O)OCc2ccccc2)CC1. The second-order valence-electron chi connectivity index (χ2n) is 11.9. The molecule has 2 saturated heterocycles. The van der Waals surface area contributed by atoms with Crippen molar-refractivity contribution >= 4 is 41.4 Å². The van der Waals surface area contributed by atoms with Crippen molar-refractivity contribution in [1.29, 1.82) is 0 Å². The van der Waals surface area contributed by atoms with Crippen LogP contribution in [0.4, 0.5) is 10.5 Å². The second kappa shape index (κ2) is 18.5. The minimum absolute atomic E-state index is 0.0438. The van der Waals surface area contributed by atoms with Crippen molar-refractivity contribution in [2.24, 2.45) is 5.92 Å². The number of carbonyl (C=O) groups is 6. The molecule has 4 rings (SSSR count). The third kappa shape index (κ3) is 10.7. The molecule has 2 aliphatic rings. The summed E-state index contributed by atoms with van der Waals surface area (Å²) in [5.41, 5.74) is 1.65. The molecule has 0 bridgehead atoms. The van der Waals surface area contributed by atoms with Crippen LogP contribution in [0.5, 0.6) is 0 Å². The molecule has 49 heavy (non-hydrogen) atoms. The van der Waals surface area contributed by atoms with Crippen LogP contribution in [0.2, 0.25) is 0 Å². The molecule has 0 aliphatic carbocycles. The fraction of sp³-hybridized carbons (Fsp3) is 0.514. The molecule has 14 heteroatoms. The summed E-state index contributed by atoms with van der Waals surface area (Å²) in [7, 11) is 0. The summed E-state index contributed by atoms with van der Waals surface area (Å²) in [6.07, 6.45) is 2.34. The number of hydrogen-bond acceptors (Lipinski definition) is 11. The number of esters is 2. The molecule has 0 radical (unpaired) electrons. The fourth-order valence-corrected chi connectivity index (χ4v) is 6.06. The maximum Gasteiger partial charge on any atom is 0.417 e. The molecule has 1 aromatic carbocycles. The van der Waals surface area contributed by atoms with Gasteiger partial charge >= 0.3 is 18.0 Å². The van der Waals surface area contributed by atoms with Gasteiger partial charge in [-0.25, -0.2) is 9.69 Å². The summed E-state index contributed by atoms with van der Waals surface area (Å²) >= 11 is 0. The van der Waals surface area contributed by atoms with E-state index in [0.717, 1.165) is 10.6 Å². The van der Waals surface area contributed by atoms with Crippen molar-refractivity contribution in [3.05, 3.63) is 60.4 Å². The molecular formula is C35H45N5O9. The van der Waals surface area contributed by atoms with E-state index in [2.05, 4.69) is 9.88 Å². The Hall–Kier alpha value is -5.01. The van der Waals surface area contributed by atoms with Crippen molar-refractivity contribution in [1.82, 2.24) is 19.7 Å². The first-order chi connectivity index (χ1) is 23.7. The van der Waals surface area contributed by atoms with Gasteiger partial charge in [-0.1, -0.05) is 30.3 Å². The zero-order valence-electron chi connectivity index (χ0n) is 28.2. The van der Waals surface area contributed by atoms with E-state index in [1.165, 1.54) is 0 Å². The van der Waals surface area contributed by atoms with Gasteiger partial charge in [0, 0.05) is 57.3 Å². The third-order valence-corrected chi connectivity index (χ3v) is 8.61. The van der Waals surface area contributed by atoms with Gasteiger partial charge in [-0.2, -0.15) is 0 Å². The van der Waals surface area contributed by atoms with Crippen molar-refractivity contribution in [2.75, 3.05) is 57.4 Å². The molecule has 1 aromatic heterocycles. The van der Waals surface area contributed by atoms with Crippen molar-refractivity contribution < 1.29 is 43.0 Å². The largest absolute Gasteiger partial charge is 0.466 e. The number of piperazine rings is 1. The number of pyridine rings is 1. The standard InChI is InChI=1S/C35H45N5O9/c1-3-47-32(43)23-30(41)38-16-12-26(13-17-38)22-29(34(45)39-20-18-37(19-21-39)28-10-14-36-15-11-28)40(31(42)24-33(44)48-4-2)35(46)49-25-27-8-6-5-7-9-27/h5-11,14-15,26,29H,3-4,12-13,16-25H2,1-2H3/t29-/m0/s1. The molecule has 14 nitrogen and oxygen atoms in total. The Morgan fingerprint density at radius 1 is 0.776 bits per heavy atom. The van der Waals surface area contributed by atoms with Crippen LogP contribution in [0.1, 0.15) is 51.5 Å². The molecule has 2 aromatic rings. The Bertz CT molecular complexity index is 1430. The van der Waals surface area contributed by atoms with E-state index in [0.29, 0.717) is 57.7 Å². The normalized spacial score (nSPS) is 15.6. The van der Waals surface area contributed by atoms with Gasteiger partial charge in [0.15, 0.2) is 0 Å². The first kappa shape index (κ1) is 36.8. The van der Waals surface area contributed by atoms with E-state index in [1.54, 1.807) is 60.3 Å². The molecule has 1 atom stereocenters. The Balaban J connectivity index is 1.55. The van der Waals surface area contributed by atoms with E-state index in [-0.39, 0.29) is 44.5 Å². The van der Waals surface area contributed by atoms with Gasteiger partial charge in [0.1, 0.15) is 25.5 Å². The molecule has 2 fully saturated rings. The van der Waals surface area contributed by atoms with Gasteiger partial charge in [-0.15, -0.1) is 0 Å². The van der Waals surface area contributed by atoms with E-state index < -0.39 is 42.3 Å². The summed E-state index contributed by atoms with van der Waals surface area (Å²) in [5, 5.41) is 0. The number of nitrogens with zero attached hydrogens (tertiary/aromatic N) is 5. The molecule has 264 valence electrons. The molecule has 0 saturated carbocycles. The van der Waals surface area contributed by atoms with Crippen LogP contribution in [0.3, 0.4) is 0 Å². The molecular weight excluding hydrogens is 634 g/mol. The molecule has 0 unspecified atom stereocenters. The number of benzene rings is 1. The van der Waals surface area contributed by atoms with Gasteiger partial charge in [-0.3, -0.25) is 29.0 Å². The van der Waals surface area contributed by atoms with Crippen LogP contribution < -0.4 is 4.90 Å². The molecule has 2 aliphatic heterocycles. The maximum absolute atomic E-state index is 14.4. The lowest BCUT2D eigenvalue weighted by Crippen LogP contribution is -2.58. The number of anilines is 1. The Kier molecular flexibility index (Phi) is 13.9. The Morgan fingerprint density at radius 2 is 1.39 bits per heavy atom. The van der Waals surface area contributed by atoms with E-state index in [1.807, 2.05) is 18.2 Å². The summed E-state index contributed by atoms with van der Waals surface area (Å²) in [6.45, 7) is 5.78. The highest BCUT2D eigenvalue weighted by Crippen LogP contribution is 2.27. The number of rotatable bonds is 13. The highest BCUT2D eigenvalue weighted by Gasteiger charge is 2.41. The first-order valence-corrected chi connectivity index (χ1v) is 16.8. The second-order valence-corrected chi connectivity index (χ2v) is 11.9. The van der Waals surface area contributed by atoms with Gasteiger partial charge in [0.05, 0.1) is 13.2 Å². The predicted molar refractivity (Wildman–Crippen MR) is 177 cm³/mol. The number of piperidine rings is 1. The number of imide groups is 1. The van der Waals surface area contributed by atoms with Crippen LogP contribution >= 0.6 is 0 Å². The smallest absolute Gasteiger partial charge is 0.417 e. The quantitative estimate of drug-likeness (QED) is 0.174. The predicted octanol–water partition coefficient (Wildman–Crippen LogP) is 2.80. The number of carbonyl (C=O) groups excluding carboxylic acids is 6. The van der Waals surface area contributed by atoms with Gasteiger partial charge < -0.3 is 28.9 Å². The average molecular weight is 680 g/mol. The summed E-state index contributed by atoms with van der Waals surface area (Å²) in [4.78, 5) is 89.0. The van der Waals surface area contributed by atoms with E-state index >= 15 is 0 Å². The molecule has 3 heterocycles. The van der Waals surface area contributed by atoms with Crippen LogP contribution in [0.25, 0.3) is 0 Å². The summed E-state index contributed by atoms with van der Waals surface area (Å²) in [5.74, 6) is -3.23. The maximum atomic E-state index is 14.4. The lowest BCUT2D eigenvalue weighted by Gasteiger charge is -2.40. The van der Waals surface area contributed by atoms with Crippen LogP contribution in [-0.4, -0.2) is 114 Å². The van der Waals surface area contributed by atoms with E-state index in [9.17, 15) is 28.8 Å². The van der Waals surface area contributed by atoms with Crippen LogP contribution in [0.15, 0.2) is 54.9 Å². The number of ether oxygens (including phenoxy) is 3. The highest BCUT2D eigenvalue weighted by molar-refractivity contribution is 6.04. The lowest BCUT2D eigenvalue weighted by atomic mass is 9.88. The van der Waals surface area contributed by atoms with Crippen LogP contribution in [-0.2, 0) is 44.8 Å². The Morgan fingerprint density at radius 3 is 2.00 bits per heavy atom.